The SMILES string of the molecule is O=C(CNC(=O)c1c[nH]c2ccccc2c1=O)NCc1cccs1. The third-order valence-corrected chi connectivity index (χ3v) is 4.36. The molecule has 7 heteroatoms. The molecule has 2 amide bonds. The summed E-state index contributed by atoms with van der Waals surface area (Å²) in [6, 6.07) is 10.8. The maximum atomic E-state index is 12.3. The molecule has 0 fully saturated rings. The number of hydrogen-bond acceptors (Lipinski definition) is 4. The second-order valence-corrected chi connectivity index (χ2v) is 6.15. The molecule has 3 N–H and O–H groups in total. The molecule has 2 heterocycles. The zero-order chi connectivity index (χ0) is 16.9. The van der Waals surface area contributed by atoms with Crippen molar-refractivity contribution in [2.24, 2.45) is 0 Å². The molecule has 0 aliphatic rings. The van der Waals surface area contributed by atoms with Gasteiger partial charge in [0, 0.05) is 22.0 Å². The fourth-order valence-electron chi connectivity index (χ4n) is 2.25. The Morgan fingerprint density at radius 2 is 1.92 bits per heavy atom. The topological polar surface area (TPSA) is 91.1 Å². The first-order chi connectivity index (χ1) is 11.6. The Morgan fingerprint density at radius 3 is 2.71 bits per heavy atom. The van der Waals surface area contributed by atoms with Crippen molar-refractivity contribution in [1.29, 1.82) is 0 Å². The highest BCUT2D eigenvalue weighted by molar-refractivity contribution is 7.09. The molecule has 0 saturated heterocycles. The lowest BCUT2D eigenvalue weighted by Gasteiger charge is -2.06. The third kappa shape index (κ3) is 3.52. The number of rotatable bonds is 5. The molecule has 6 nitrogen and oxygen atoms in total. The predicted molar refractivity (Wildman–Crippen MR) is 93.1 cm³/mol. The molecule has 0 radical (unpaired) electrons. The van der Waals surface area contributed by atoms with Crippen molar-refractivity contribution in [3.8, 4) is 0 Å². The minimum Gasteiger partial charge on any atom is -0.360 e. The van der Waals surface area contributed by atoms with E-state index in [1.54, 1.807) is 35.6 Å². The molecular formula is C17H15N3O3S. The Kier molecular flexibility index (Phi) is 4.72. The van der Waals surface area contributed by atoms with Gasteiger partial charge in [-0.05, 0) is 23.6 Å². The summed E-state index contributed by atoms with van der Waals surface area (Å²) in [4.78, 5) is 40.2. The van der Waals surface area contributed by atoms with Gasteiger partial charge in [-0.25, -0.2) is 0 Å². The number of amides is 2. The van der Waals surface area contributed by atoms with Crippen LogP contribution < -0.4 is 16.1 Å². The average molecular weight is 341 g/mol. The van der Waals surface area contributed by atoms with E-state index < -0.39 is 5.91 Å². The molecular weight excluding hydrogens is 326 g/mol. The second-order valence-electron chi connectivity index (χ2n) is 5.12. The van der Waals surface area contributed by atoms with Crippen LogP contribution >= 0.6 is 11.3 Å². The van der Waals surface area contributed by atoms with Crippen LogP contribution in [0.5, 0.6) is 0 Å². The molecule has 1 aromatic carbocycles. The summed E-state index contributed by atoms with van der Waals surface area (Å²) >= 11 is 1.54. The standard InChI is InChI=1S/C17H15N3O3S/c21-15(19-8-11-4-3-7-24-11)10-20-17(23)13-9-18-14-6-2-1-5-12(14)16(13)22/h1-7,9H,8,10H2,(H,18,22)(H,19,21)(H,20,23). The zero-order valence-corrected chi connectivity index (χ0v) is 13.5. The Balaban J connectivity index is 1.62. The third-order valence-electron chi connectivity index (χ3n) is 3.48. The first kappa shape index (κ1) is 15.9. The summed E-state index contributed by atoms with van der Waals surface area (Å²) in [6.07, 6.45) is 1.36. The highest BCUT2D eigenvalue weighted by Gasteiger charge is 2.13. The van der Waals surface area contributed by atoms with E-state index in [1.165, 1.54) is 6.20 Å². The van der Waals surface area contributed by atoms with Gasteiger partial charge >= 0.3 is 0 Å². The molecule has 0 unspecified atom stereocenters. The van der Waals surface area contributed by atoms with Gasteiger partial charge in [0.05, 0.1) is 13.1 Å². The first-order valence-electron chi connectivity index (χ1n) is 7.33. The fourth-order valence-corrected chi connectivity index (χ4v) is 2.90. The number of benzene rings is 1. The Morgan fingerprint density at radius 1 is 1.08 bits per heavy atom. The van der Waals surface area contributed by atoms with Crippen LogP contribution in [0.1, 0.15) is 15.2 Å². The molecule has 0 aliphatic heterocycles. The van der Waals surface area contributed by atoms with Crippen molar-refractivity contribution in [3.05, 3.63) is 68.6 Å². The van der Waals surface area contributed by atoms with E-state index in [0.717, 1.165) is 4.88 Å². The number of para-hydroxylation sites is 1. The largest absolute Gasteiger partial charge is 0.360 e. The van der Waals surface area contributed by atoms with Gasteiger partial charge in [0.1, 0.15) is 5.56 Å². The number of hydrogen-bond donors (Lipinski definition) is 3. The van der Waals surface area contributed by atoms with Crippen LogP contribution in [-0.2, 0) is 11.3 Å². The number of nitrogens with one attached hydrogen (secondary N) is 3. The highest BCUT2D eigenvalue weighted by Crippen LogP contribution is 2.08. The quantitative estimate of drug-likeness (QED) is 0.659. The van der Waals surface area contributed by atoms with Crippen LogP contribution in [0.3, 0.4) is 0 Å². The number of aromatic amines is 1. The van der Waals surface area contributed by atoms with E-state index in [-0.39, 0.29) is 23.4 Å². The lowest BCUT2D eigenvalue weighted by Crippen LogP contribution is -2.38. The molecule has 122 valence electrons. The van der Waals surface area contributed by atoms with Crippen molar-refractivity contribution < 1.29 is 9.59 Å². The molecule has 0 saturated carbocycles. The van der Waals surface area contributed by atoms with E-state index in [9.17, 15) is 14.4 Å². The van der Waals surface area contributed by atoms with Crippen LogP contribution in [-0.4, -0.2) is 23.3 Å². The zero-order valence-electron chi connectivity index (χ0n) is 12.7. The van der Waals surface area contributed by atoms with Gasteiger partial charge in [0.15, 0.2) is 0 Å². The van der Waals surface area contributed by atoms with Gasteiger partial charge in [0.25, 0.3) is 5.91 Å². The first-order valence-corrected chi connectivity index (χ1v) is 8.21. The van der Waals surface area contributed by atoms with Crippen molar-refractivity contribution in [2.75, 3.05) is 6.54 Å². The molecule has 3 aromatic rings. The van der Waals surface area contributed by atoms with E-state index >= 15 is 0 Å². The monoisotopic (exact) mass is 341 g/mol. The summed E-state index contributed by atoms with van der Waals surface area (Å²) in [5, 5.41) is 7.54. The molecule has 0 atom stereocenters. The van der Waals surface area contributed by atoms with Crippen molar-refractivity contribution in [3.63, 3.8) is 0 Å². The lowest BCUT2D eigenvalue weighted by atomic mass is 10.1. The van der Waals surface area contributed by atoms with Gasteiger partial charge in [-0.1, -0.05) is 18.2 Å². The maximum Gasteiger partial charge on any atom is 0.257 e. The summed E-state index contributed by atoms with van der Waals surface area (Å²) in [6.45, 7) is 0.236. The molecule has 0 bridgehead atoms. The van der Waals surface area contributed by atoms with Crippen LogP contribution in [0.2, 0.25) is 0 Å². The summed E-state index contributed by atoms with van der Waals surface area (Å²) in [5.41, 5.74) is 0.286. The van der Waals surface area contributed by atoms with Crippen LogP contribution in [0.25, 0.3) is 10.9 Å². The Labute approximate surface area is 141 Å². The number of thiophene rings is 1. The minimum atomic E-state index is -0.576. The van der Waals surface area contributed by atoms with Gasteiger partial charge in [-0.2, -0.15) is 0 Å². The van der Waals surface area contributed by atoms with E-state index in [1.807, 2.05) is 17.5 Å². The number of pyridine rings is 1. The van der Waals surface area contributed by atoms with E-state index in [0.29, 0.717) is 17.4 Å². The van der Waals surface area contributed by atoms with Crippen LogP contribution in [0, 0.1) is 0 Å². The normalized spacial score (nSPS) is 10.5. The van der Waals surface area contributed by atoms with Crippen LogP contribution in [0.15, 0.2) is 52.8 Å². The summed E-state index contributed by atoms with van der Waals surface area (Å²) in [7, 11) is 0. The number of carbonyl (C=O) groups excluding carboxylic acids is 2. The molecule has 0 aliphatic carbocycles. The summed E-state index contributed by atoms with van der Waals surface area (Å²) in [5.74, 6) is -0.887. The van der Waals surface area contributed by atoms with E-state index in [2.05, 4.69) is 15.6 Å². The smallest absolute Gasteiger partial charge is 0.257 e. The van der Waals surface area contributed by atoms with Crippen molar-refractivity contribution in [1.82, 2.24) is 15.6 Å². The molecule has 24 heavy (non-hydrogen) atoms. The number of aromatic nitrogens is 1. The molecule has 2 aromatic heterocycles. The van der Waals surface area contributed by atoms with Gasteiger partial charge < -0.3 is 15.6 Å². The molecule has 3 rings (SSSR count). The van der Waals surface area contributed by atoms with Gasteiger partial charge in [-0.15, -0.1) is 11.3 Å². The summed E-state index contributed by atoms with van der Waals surface area (Å²) < 4.78 is 0. The Hall–Kier alpha value is -2.93. The fraction of sp³-hybridized carbons (Fsp3) is 0.118. The maximum absolute atomic E-state index is 12.3. The number of fused-ring (bicyclic) bond motifs is 1. The van der Waals surface area contributed by atoms with Crippen molar-refractivity contribution >= 4 is 34.1 Å². The second kappa shape index (κ2) is 7.10. The number of carbonyl (C=O) groups is 2. The minimum absolute atomic E-state index is 0.0141. The molecule has 0 spiro atoms. The van der Waals surface area contributed by atoms with Gasteiger partial charge in [-0.3, -0.25) is 14.4 Å². The average Bonchev–Trinajstić information content (AvgIpc) is 3.12. The van der Waals surface area contributed by atoms with Crippen molar-refractivity contribution in [2.45, 2.75) is 6.54 Å². The Bertz CT molecular complexity index is 932. The lowest BCUT2D eigenvalue weighted by molar-refractivity contribution is -0.120. The predicted octanol–water partition coefficient (Wildman–Crippen LogP) is 1.64. The van der Waals surface area contributed by atoms with E-state index in [4.69, 9.17) is 0 Å². The number of H-pyrrole nitrogens is 1. The van der Waals surface area contributed by atoms with Crippen LogP contribution in [0.4, 0.5) is 0 Å². The van der Waals surface area contributed by atoms with Gasteiger partial charge in [0.2, 0.25) is 11.3 Å². The highest BCUT2D eigenvalue weighted by atomic mass is 32.1.